The van der Waals surface area contributed by atoms with Crippen molar-refractivity contribution in [2.75, 3.05) is 31.2 Å². The molecule has 1 aromatic carbocycles. The van der Waals surface area contributed by atoms with Crippen LogP contribution in [0.4, 0.5) is 5.69 Å². The molecule has 0 unspecified atom stereocenters. The topological polar surface area (TPSA) is 24.1 Å². The Morgan fingerprint density at radius 1 is 1.39 bits per heavy atom. The number of fused-ring (bicyclic) bond motifs is 1. The first-order valence-electron chi connectivity index (χ1n) is 6.96. The number of hydrogen-bond acceptors (Lipinski definition) is 3. The standard InChI is InChI=1S/C15H22N2S/c1-16-11-15(5-2-6-15)10-12-3-4-14-13(9-12)17-7-8-18-14/h3-4,9,16-17H,2,5-8,10-11H2,1H3. The monoisotopic (exact) mass is 262 g/mol. The molecule has 98 valence electrons. The van der Waals surface area contributed by atoms with Crippen LogP contribution in [0.15, 0.2) is 23.1 Å². The van der Waals surface area contributed by atoms with Crippen LogP contribution < -0.4 is 10.6 Å². The highest BCUT2D eigenvalue weighted by Crippen LogP contribution is 2.44. The molecule has 2 aliphatic rings. The van der Waals surface area contributed by atoms with Crippen LogP contribution in [-0.2, 0) is 6.42 Å². The van der Waals surface area contributed by atoms with Crippen molar-refractivity contribution in [2.45, 2.75) is 30.6 Å². The smallest absolute Gasteiger partial charge is 0.0481 e. The van der Waals surface area contributed by atoms with Crippen LogP contribution in [0.3, 0.4) is 0 Å². The third kappa shape index (κ3) is 2.39. The van der Waals surface area contributed by atoms with Crippen molar-refractivity contribution in [1.82, 2.24) is 5.32 Å². The van der Waals surface area contributed by atoms with Crippen molar-refractivity contribution in [3.8, 4) is 0 Å². The van der Waals surface area contributed by atoms with Gasteiger partial charge in [0.25, 0.3) is 0 Å². The lowest BCUT2D eigenvalue weighted by molar-refractivity contribution is 0.133. The molecule has 1 aliphatic heterocycles. The highest BCUT2D eigenvalue weighted by Gasteiger charge is 2.36. The van der Waals surface area contributed by atoms with E-state index in [1.165, 1.54) is 47.6 Å². The molecule has 3 rings (SSSR count). The van der Waals surface area contributed by atoms with Gasteiger partial charge in [-0.1, -0.05) is 12.5 Å². The van der Waals surface area contributed by atoms with Gasteiger partial charge >= 0.3 is 0 Å². The van der Waals surface area contributed by atoms with Crippen LogP contribution in [0.2, 0.25) is 0 Å². The number of anilines is 1. The quantitative estimate of drug-likeness (QED) is 0.872. The SMILES string of the molecule is CNCC1(Cc2ccc3c(c2)NCCS3)CCC1. The Labute approximate surface area is 114 Å². The zero-order chi connectivity index (χ0) is 12.4. The number of benzene rings is 1. The van der Waals surface area contributed by atoms with E-state index in [0.717, 1.165) is 13.1 Å². The van der Waals surface area contributed by atoms with Gasteiger partial charge in [-0.25, -0.2) is 0 Å². The molecule has 0 bridgehead atoms. The molecular formula is C15H22N2S. The number of nitrogens with one attached hydrogen (secondary N) is 2. The van der Waals surface area contributed by atoms with Crippen LogP contribution in [-0.4, -0.2) is 25.9 Å². The lowest BCUT2D eigenvalue weighted by Gasteiger charge is -2.42. The second kappa shape index (κ2) is 5.14. The molecule has 1 heterocycles. The lowest BCUT2D eigenvalue weighted by Crippen LogP contribution is -2.40. The van der Waals surface area contributed by atoms with Crippen molar-refractivity contribution in [3.63, 3.8) is 0 Å². The Bertz CT molecular complexity index is 427. The maximum absolute atomic E-state index is 3.52. The third-order valence-corrected chi connectivity index (χ3v) is 5.34. The first kappa shape index (κ1) is 12.4. The van der Waals surface area contributed by atoms with Gasteiger partial charge in [0.1, 0.15) is 0 Å². The molecule has 3 heteroatoms. The summed E-state index contributed by atoms with van der Waals surface area (Å²) < 4.78 is 0. The molecule has 18 heavy (non-hydrogen) atoms. The van der Waals surface area contributed by atoms with Gasteiger partial charge in [-0.05, 0) is 49.4 Å². The van der Waals surface area contributed by atoms with Crippen molar-refractivity contribution in [2.24, 2.45) is 5.41 Å². The Balaban J connectivity index is 1.76. The number of rotatable bonds is 4. The van der Waals surface area contributed by atoms with Crippen molar-refractivity contribution in [1.29, 1.82) is 0 Å². The summed E-state index contributed by atoms with van der Waals surface area (Å²) in [5, 5.41) is 6.89. The van der Waals surface area contributed by atoms with E-state index in [1.54, 1.807) is 0 Å². The van der Waals surface area contributed by atoms with E-state index in [-0.39, 0.29) is 0 Å². The molecule has 2 N–H and O–H groups in total. The largest absolute Gasteiger partial charge is 0.383 e. The van der Waals surface area contributed by atoms with E-state index in [0.29, 0.717) is 5.41 Å². The molecule has 1 aromatic rings. The summed E-state index contributed by atoms with van der Waals surface area (Å²) >= 11 is 1.97. The summed E-state index contributed by atoms with van der Waals surface area (Å²) in [6.07, 6.45) is 5.40. The fourth-order valence-corrected chi connectivity index (χ4v) is 4.07. The van der Waals surface area contributed by atoms with Crippen LogP contribution in [0.5, 0.6) is 0 Å². The molecule has 1 aliphatic carbocycles. The normalized spacial score (nSPS) is 20.7. The molecule has 0 radical (unpaired) electrons. The third-order valence-electron chi connectivity index (χ3n) is 4.26. The van der Waals surface area contributed by atoms with E-state index >= 15 is 0 Å². The minimum Gasteiger partial charge on any atom is -0.383 e. The van der Waals surface area contributed by atoms with Crippen molar-refractivity contribution >= 4 is 17.4 Å². The number of thioether (sulfide) groups is 1. The summed E-state index contributed by atoms with van der Waals surface area (Å²) in [5.41, 5.74) is 3.38. The van der Waals surface area contributed by atoms with E-state index in [2.05, 4.69) is 35.9 Å². The molecule has 0 atom stereocenters. The van der Waals surface area contributed by atoms with Crippen LogP contribution in [0.1, 0.15) is 24.8 Å². The van der Waals surface area contributed by atoms with Crippen LogP contribution >= 0.6 is 11.8 Å². The Morgan fingerprint density at radius 2 is 2.28 bits per heavy atom. The van der Waals surface area contributed by atoms with Gasteiger partial charge in [0.05, 0.1) is 0 Å². The van der Waals surface area contributed by atoms with Gasteiger partial charge in [-0.15, -0.1) is 11.8 Å². The molecule has 0 saturated heterocycles. The Morgan fingerprint density at radius 3 is 3.00 bits per heavy atom. The summed E-state index contributed by atoms with van der Waals surface area (Å²) in [6, 6.07) is 7.00. The first-order chi connectivity index (χ1) is 8.81. The first-order valence-corrected chi connectivity index (χ1v) is 7.94. The zero-order valence-corrected chi connectivity index (χ0v) is 11.9. The average molecular weight is 262 g/mol. The number of hydrogen-bond donors (Lipinski definition) is 2. The zero-order valence-electron chi connectivity index (χ0n) is 11.1. The molecule has 1 fully saturated rings. The maximum atomic E-state index is 3.52. The van der Waals surface area contributed by atoms with Gasteiger partial charge in [0, 0.05) is 29.4 Å². The molecular weight excluding hydrogens is 240 g/mol. The molecule has 0 spiro atoms. The second-order valence-electron chi connectivity index (χ2n) is 5.67. The minimum atomic E-state index is 0.533. The predicted molar refractivity (Wildman–Crippen MR) is 79.6 cm³/mol. The average Bonchev–Trinajstić information content (AvgIpc) is 2.36. The highest BCUT2D eigenvalue weighted by atomic mass is 32.2. The second-order valence-corrected chi connectivity index (χ2v) is 6.80. The fraction of sp³-hybridized carbons (Fsp3) is 0.600. The Hall–Kier alpha value is -0.670. The summed E-state index contributed by atoms with van der Waals surface area (Å²) in [4.78, 5) is 1.42. The maximum Gasteiger partial charge on any atom is 0.0481 e. The summed E-state index contributed by atoms with van der Waals surface area (Å²) in [6.45, 7) is 2.26. The van der Waals surface area contributed by atoms with E-state index in [9.17, 15) is 0 Å². The summed E-state index contributed by atoms with van der Waals surface area (Å²) in [5.74, 6) is 1.19. The lowest BCUT2D eigenvalue weighted by atomic mass is 9.65. The van der Waals surface area contributed by atoms with Gasteiger partial charge in [-0.3, -0.25) is 0 Å². The molecule has 0 amide bonds. The minimum absolute atomic E-state index is 0.533. The van der Waals surface area contributed by atoms with Gasteiger partial charge < -0.3 is 10.6 Å². The van der Waals surface area contributed by atoms with Crippen molar-refractivity contribution < 1.29 is 0 Å². The summed E-state index contributed by atoms with van der Waals surface area (Å²) in [7, 11) is 2.07. The van der Waals surface area contributed by atoms with Gasteiger partial charge in [0.2, 0.25) is 0 Å². The van der Waals surface area contributed by atoms with Gasteiger partial charge in [-0.2, -0.15) is 0 Å². The fourth-order valence-electron chi connectivity index (χ4n) is 3.20. The molecule has 1 saturated carbocycles. The Kier molecular flexibility index (Phi) is 3.53. The molecule has 0 aromatic heterocycles. The predicted octanol–water partition coefficient (Wildman–Crippen LogP) is 3.14. The van der Waals surface area contributed by atoms with E-state index < -0.39 is 0 Å². The van der Waals surface area contributed by atoms with Crippen LogP contribution in [0.25, 0.3) is 0 Å². The molecule has 2 nitrogen and oxygen atoms in total. The van der Waals surface area contributed by atoms with Crippen molar-refractivity contribution in [3.05, 3.63) is 23.8 Å². The van der Waals surface area contributed by atoms with Gasteiger partial charge in [0.15, 0.2) is 0 Å². The van der Waals surface area contributed by atoms with Crippen LogP contribution in [0, 0.1) is 5.41 Å². The van der Waals surface area contributed by atoms with E-state index in [4.69, 9.17) is 0 Å². The highest BCUT2D eigenvalue weighted by molar-refractivity contribution is 7.99. The van der Waals surface area contributed by atoms with E-state index in [1.807, 2.05) is 11.8 Å².